The van der Waals surface area contributed by atoms with Crippen LogP contribution in [-0.2, 0) is 0 Å². The van der Waals surface area contributed by atoms with Crippen LogP contribution in [0.4, 0.5) is 0 Å². The Kier molecular flexibility index (Phi) is 6.93. The Bertz CT molecular complexity index is 3520. The van der Waals surface area contributed by atoms with Gasteiger partial charge in [-0.1, -0.05) is 152 Å². The molecule has 0 amide bonds. The first-order valence-corrected chi connectivity index (χ1v) is 19.4. The van der Waals surface area contributed by atoms with E-state index in [0.717, 1.165) is 66.0 Å². The van der Waals surface area contributed by atoms with E-state index in [0.29, 0.717) is 0 Å². The number of aromatic nitrogens is 2. The largest absolute Gasteiger partial charge is 0.455 e. The minimum absolute atomic E-state index is 0.843. The summed E-state index contributed by atoms with van der Waals surface area (Å²) in [5.74, 6) is 0. The lowest BCUT2D eigenvalue weighted by molar-refractivity contribution is 0.673. The summed E-state index contributed by atoms with van der Waals surface area (Å²) in [5, 5.41) is 12.9. The van der Waals surface area contributed by atoms with Crippen LogP contribution >= 0.6 is 0 Å². The number of rotatable bonds is 4. The van der Waals surface area contributed by atoms with Crippen LogP contribution in [0.25, 0.3) is 121 Å². The minimum atomic E-state index is 0.843. The van der Waals surface area contributed by atoms with Gasteiger partial charge in [-0.25, -0.2) is 4.98 Å². The van der Waals surface area contributed by atoms with E-state index >= 15 is 0 Å². The lowest BCUT2D eigenvalue weighted by Gasteiger charge is -2.18. The Morgan fingerprint density at radius 2 is 0.965 bits per heavy atom. The molecule has 0 radical (unpaired) electrons. The second-order valence-electron chi connectivity index (χ2n) is 14.9. The molecule has 9 aromatic carbocycles. The molecule has 0 aliphatic carbocycles. The molecule has 57 heavy (non-hydrogen) atoms. The molecule has 0 aliphatic heterocycles. The molecule has 0 saturated carbocycles. The molecule has 3 heteroatoms. The second-order valence-corrected chi connectivity index (χ2v) is 14.9. The van der Waals surface area contributed by atoms with Gasteiger partial charge in [0.1, 0.15) is 11.2 Å². The average molecular weight is 725 g/mol. The van der Waals surface area contributed by atoms with Crippen LogP contribution < -0.4 is 0 Å². The number of nitrogens with zero attached hydrogens (tertiary/aromatic N) is 2. The molecule has 0 saturated heterocycles. The van der Waals surface area contributed by atoms with Crippen LogP contribution in [0.15, 0.2) is 199 Å². The van der Waals surface area contributed by atoms with Gasteiger partial charge in [0, 0.05) is 38.7 Å². The summed E-state index contributed by atoms with van der Waals surface area (Å²) >= 11 is 0. The highest BCUT2D eigenvalue weighted by molar-refractivity contribution is 6.25. The summed E-state index contributed by atoms with van der Waals surface area (Å²) in [6.45, 7) is 0. The van der Waals surface area contributed by atoms with E-state index in [4.69, 9.17) is 9.40 Å². The zero-order chi connectivity index (χ0) is 37.5. The predicted molar refractivity (Wildman–Crippen MR) is 239 cm³/mol. The van der Waals surface area contributed by atoms with Crippen molar-refractivity contribution < 1.29 is 4.42 Å². The predicted octanol–water partition coefficient (Wildman–Crippen LogP) is 14.8. The van der Waals surface area contributed by atoms with Gasteiger partial charge in [0.05, 0.1) is 17.4 Å². The van der Waals surface area contributed by atoms with Crippen molar-refractivity contribution >= 4 is 75.9 Å². The summed E-state index contributed by atoms with van der Waals surface area (Å²) in [6, 6.07) is 65.6. The maximum Gasteiger partial charge on any atom is 0.144 e. The molecule has 264 valence electrons. The first-order chi connectivity index (χ1) is 28.3. The van der Waals surface area contributed by atoms with Gasteiger partial charge in [-0.3, -0.25) is 4.98 Å². The molecule has 12 aromatic rings. The molecule has 0 atom stereocenters. The standard InChI is InChI=1S/C54H32N2O/c1-2-11-36-31-39(25-22-33(36)10-1)51-43-17-5-3-15-41(43)50(42-16-4-6-18-44(42)51)38-13-9-12-37(30-38)34-20-23-35(24-21-34)53-47-27-26-45-40-14-7-8-19-49(40)57-54(45)52(47)46-28-29-55-32-48(46)56-53/h1-32H. The van der Waals surface area contributed by atoms with Gasteiger partial charge in [-0.2, -0.15) is 0 Å². The SMILES string of the molecule is c1cc(-c2ccc(-c3nc4cnccc4c4c3ccc3c5ccccc5oc34)cc2)cc(-c2c3ccccc3c(-c3ccc4ccccc4c3)c3ccccc23)c1. The van der Waals surface area contributed by atoms with Gasteiger partial charge in [0.2, 0.25) is 0 Å². The number of para-hydroxylation sites is 1. The Hall–Kier alpha value is -7.62. The normalized spacial score (nSPS) is 11.9. The fraction of sp³-hybridized carbons (Fsp3) is 0. The maximum absolute atomic E-state index is 6.54. The van der Waals surface area contributed by atoms with Gasteiger partial charge in [0.25, 0.3) is 0 Å². The van der Waals surface area contributed by atoms with Gasteiger partial charge < -0.3 is 4.42 Å². The highest BCUT2D eigenvalue weighted by Gasteiger charge is 2.19. The molecule has 0 unspecified atom stereocenters. The van der Waals surface area contributed by atoms with Gasteiger partial charge in [-0.15, -0.1) is 0 Å². The molecule has 3 heterocycles. The second kappa shape index (κ2) is 12.5. The summed E-state index contributed by atoms with van der Waals surface area (Å²) < 4.78 is 6.54. The van der Waals surface area contributed by atoms with Crippen molar-refractivity contribution in [1.82, 2.24) is 9.97 Å². The lowest BCUT2D eigenvalue weighted by atomic mass is 9.85. The van der Waals surface area contributed by atoms with Crippen molar-refractivity contribution in [3.8, 4) is 44.6 Å². The third kappa shape index (κ3) is 4.92. The van der Waals surface area contributed by atoms with E-state index in [9.17, 15) is 0 Å². The van der Waals surface area contributed by atoms with Crippen LogP contribution in [0, 0.1) is 0 Å². The molecule has 3 nitrogen and oxygen atoms in total. The maximum atomic E-state index is 6.54. The van der Waals surface area contributed by atoms with Crippen LogP contribution in [0.3, 0.4) is 0 Å². The smallest absolute Gasteiger partial charge is 0.144 e. The molecular formula is C54H32N2O. The van der Waals surface area contributed by atoms with E-state index < -0.39 is 0 Å². The fourth-order valence-electron chi connectivity index (χ4n) is 9.11. The molecule has 0 bridgehead atoms. The van der Waals surface area contributed by atoms with Crippen molar-refractivity contribution in [1.29, 1.82) is 0 Å². The monoisotopic (exact) mass is 724 g/mol. The van der Waals surface area contributed by atoms with Crippen LogP contribution in [0.1, 0.15) is 0 Å². The highest BCUT2D eigenvalue weighted by Crippen LogP contribution is 2.45. The number of pyridine rings is 2. The third-order valence-electron chi connectivity index (χ3n) is 11.7. The Balaban J connectivity index is 0.993. The number of hydrogen-bond acceptors (Lipinski definition) is 3. The summed E-state index contributed by atoms with van der Waals surface area (Å²) in [4.78, 5) is 9.63. The topological polar surface area (TPSA) is 38.9 Å². The average Bonchev–Trinajstić information content (AvgIpc) is 3.67. The number of hydrogen-bond donors (Lipinski definition) is 0. The van der Waals surface area contributed by atoms with E-state index in [-0.39, 0.29) is 0 Å². The van der Waals surface area contributed by atoms with Gasteiger partial charge in [0.15, 0.2) is 0 Å². The minimum Gasteiger partial charge on any atom is -0.455 e. The Morgan fingerprint density at radius 3 is 1.72 bits per heavy atom. The van der Waals surface area contributed by atoms with Crippen molar-refractivity contribution in [2.75, 3.05) is 0 Å². The molecular weight excluding hydrogens is 693 g/mol. The zero-order valence-corrected chi connectivity index (χ0v) is 30.8. The molecule has 0 fully saturated rings. The molecule has 0 spiro atoms. The van der Waals surface area contributed by atoms with Gasteiger partial charge in [-0.05, 0) is 96.0 Å². The first-order valence-electron chi connectivity index (χ1n) is 19.4. The molecule has 12 rings (SSSR count). The fourth-order valence-corrected chi connectivity index (χ4v) is 9.11. The van der Waals surface area contributed by atoms with E-state index in [1.807, 2.05) is 30.6 Å². The quantitative estimate of drug-likeness (QED) is 0.134. The van der Waals surface area contributed by atoms with Crippen LogP contribution in [0.2, 0.25) is 0 Å². The molecule has 0 N–H and O–H groups in total. The van der Waals surface area contributed by atoms with Crippen LogP contribution in [0.5, 0.6) is 0 Å². The number of benzene rings is 9. The van der Waals surface area contributed by atoms with E-state index in [1.54, 1.807) is 0 Å². The van der Waals surface area contributed by atoms with Crippen molar-refractivity contribution in [3.63, 3.8) is 0 Å². The summed E-state index contributed by atoms with van der Waals surface area (Å²) in [7, 11) is 0. The number of furan rings is 1. The van der Waals surface area contributed by atoms with Gasteiger partial charge >= 0.3 is 0 Å². The highest BCUT2D eigenvalue weighted by atomic mass is 16.3. The van der Waals surface area contributed by atoms with Crippen LogP contribution in [-0.4, -0.2) is 9.97 Å². The van der Waals surface area contributed by atoms with Crippen molar-refractivity contribution in [2.45, 2.75) is 0 Å². The summed E-state index contributed by atoms with van der Waals surface area (Å²) in [6.07, 6.45) is 3.68. The van der Waals surface area contributed by atoms with E-state index in [2.05, 4.69) is 169 Å². The molecule has 0 aliphatic rings. The van der Waals surface area contributed by atoms with E-state index in [1.165, 1.54) is 54.6 Å². The lowest BCUT2D eigenvalue weighted by Crippen LogP contribution is -1.92. The Labute approximate surface area is 328 Å². The zero-order valence-electron chi connectivity index (χ0n) is 30.8. The Morgan fingerprint density at radius 1 is 0.368 bits per heavy atom. The summed E-state index contributed by atoms with van der Waals surface area (Å²) in [5.41, 5.74) is 11.8. The molecule has 3 aromatic heterocycles. The third-order valence-corrected chi connectivity index (χ3v) is 11.7. The first kappa shape index (κ1) is 31.7. The number of fused-ring (bicyclic) bond motifs is 10. The van der Waals surface area contributed by atoms with Crippen molar-refractivity contribution in [3.05, 3.63) is 194 Å². The van der Waals surface area contributed by atoms with Crippen molar-refractivity contribution in [2.24, 2.45) is 0 Å².